The molecular weight excluding hydrogens is 430 g/mol. The van der Waals surface area contributed by atoms with Gasteiger partial charge in [0.25, 0.3) is 0 Å². The number of hydrogen-bond donors (Lipinski definition) is 2. The summed E-state index contributed by atoms with van der Waals surface area (Å²) in [6, 6.07) is 7.26. The summed E-state index contributed by atoms with van der Waals surface area (Å²) in [5, 5.41) is 5.65. The molecule has 0 atom stereocenters. The van der Waals surface area contributed by atoms with E-state index in [0.29, 0.717) is 16.7 Å². The lowest BCUT2D eigenvalue weighted by molar-refractivity contribution is -0.137. The summed E-state index contributed by atoms with van der Waals surface area (Å²) in [5.41, 5.74) is 1.04. The Labute approximate surface area is 166 Å². The SMILES string of the molecule is O=C(N/N=C\c1ccc(Cl)c(Cl)c1)C(=O)Nc1ccc(Cl)c(C(F)(F)F)c1. The molecule has 2 amide bonds. The molecule has 0 unspecified atom stereocenters. The first kappa shape index (κ1) is 21.0. The largest absolute Gasteiger partial charge is 0.417 e. The van der Waals surface area contributed by atoms with Gasteiger partial charge in [0, 0.05) is 5.69 Å². The molecule has 27 heavy (non-hydrogen) atoms. The molecule has 0 bridgehead atoms. The van der Waals surface area contributed by atoms with E-state index < -0.39 is 28.6 Å². The highest BCUT2D eigenvalue weighted by atomic mass is 35.5. The van der Waals surface area contributed by atoms with Gasteiger partial charge in [0.05, 0.1) is 26.8 Å². The Kier molecular flexibility index (Phi) is 6.69. The third kappa shape index (κ3) is 5.85. The summed E-state index contributed by atoms with van der Waals surface area (Å²) in [6.45, 7) is 0. The second kappa shape index (κ2) is 8.60. The van der Waals surface area contributed by atoms with Crippen LogP contribution < -0.4 is 10.7 Å². The standard InChI is InChI=1S/C16H9Cl3F3N3O2/c17-11-4-2-9(6-10(11)16(20,21)22)24-14(26)15(27)25-23-7-8-1-3-12(18)13(19)5-8/h1-7H,(H,24,26)(H,25,27)/b23-7-. The minimum absolute atomic E-state index is 0.250. The second-order valence-corrected chi connectivity index (χ2v) is 6.24. The molecule has 0 aliphatic heterocycles. The molecule has 5 nitrogen and oxygen atoms in total. The van der Waals surface area contributed by atoms with Gasteiger partial charge in [-0.05, 0) is 35.9 Å². The van der Waals surface area contributed by atoms with E-state index in [9.17, 15) is 22.8 Å². The third-order valence-electron chi connectivity index (χ3n) is 3.06. The van der Waals surface area contributed by atoms with Crippen LogP contribution in [0.2, 0.25) is 15.1 Å². The second-order valence-electron chi connectivity index (χ2n) is 5.02. The number of anilines is 1. The van der Waals surface area contributed by atoms with Gasteiger partial charge in [0.15, 0.2) is 0 Å². The van der Waals surface area contributed by atoms with Crippen molar-refractivity contribution in [1.29, 1.82) is 0 Å². The normalized spacial score (nSPS) is 11.5. The molecule has 0 aliphatic rings. The van der Waals surface area contributed by atoms with Crippen LogP contribution in [-0.2, 0) is 15.8 Å². The topological polar surface area (TPSA) is 70.6 Å². The average molecular weight is 439 g/mol. The summed E-state index contributed by atoms with van der Waals surface area (Å²) < 4.78 is 38.4. The van der Waals surface area contributed by atoms with Crippen LogP contribution in [0.4, 0.5) is 18.9 Å². The number of amides is 2. The molecule has 0 heterocycles. The Hall–Kier alpha value is -2.29. The molecule has 2 aromatic rings. The number of nitrogens with one attached hydrogen (secondary N) is 2. The number of rotatable bonds is 3. The van der Waals surface area contributed by atoms with Crippen molar-refractivity contribution in [2.24, 2.45) is 5.10 Å². The molecule has 2 aromatic carbocycles. The number of nitrogens with zero attached hydrogens (tertiary/aromatic N) is 1. The van der Waals surface area contributed by atoms with Crippen LogP contribution in [0.15, 0.2) is 41.5 Å². The molecule has 2 N–H and O–H groups in total. The molecular formula is C16H9Cl3F3N3O2. The van der Waals surface area contributed by atoms with Crippen LogP contribution >= 0.6 is 34.8 Å². The monoisotopic (exact) mass is 437 g/mol. The molecule has 142 valence electrons. The molecule has 2 rings (SSSR count). The number of benzene rings is 2. The van der Waals surface area contributed by atoms with Gasteiger partial charge in [-0.3, -0.25) is 9.59 Å². The Bertz CT molecular complexity index is 918. The molecule has 0 aliphatic carbocycles. The molecule has 0 radical (unpaired) electrons. The summed E-state index contributed by atoms with van der Waals surface area (Å²) in [6.07, 6.45) is -3.50. The highest BCUT2D eigenvalue weighted by Crippen LogP contribution is 2.36. The van der Waals surface area contributed by atoms with Gasteiger partial charge in [0.2, 0.25) is 0 Å². The lowest BCUT2D eigenvalue weighted by atomic mass is 10.2. The molecule has 11 heteroatoms. The first-order valence-corrected chi connectivity index (χ1v) is 8.17. The first-order valence-electron chi connectivity index (χ1n) is 7.04. The maximum Gasteiger partial charge on any atom is 0.417 e. The number of alkyl halides is 3. The van der Waals surface area contributed by atoms with E-state index in [4.69, 9.17) is 34.8 Å². The maximum atomic E-state index is 12.8. The predicted octanol–water partition coefficient (Wildman–Crippen LogP) is 4.75. The Morgan fingerprint density at radius 3 is 2.22 bits per heavy atom. The first-order chi connectivity index (χ1) is 12.6. The highest BCUT2D eigenvalue weighted by Gasteiger charge is 2.33. The van der Waals surface area contributed by atoms with Crippen molar-refractivity contribution in [3.05, 3.63) is 62.6 Å². The zero-order valence-corrected chi connectivity index (χ0v) is 15.3. The molecule has 0 saturated carbocycles. The lowest BCUT2D eigenvalue weighted by Gasteiger charge is -2.11. The van der Waals surface area contributed by atoms with Crippen molar-refractivity contribution in [3.8, 4) is 0 Å². The van der Waals surface area contributed by atoms with Crippen LogP contribution in [0.25, 0.3) is 0 Å². The number of hydrogen-bond acceptors (Lipinski definition) is 3. The fraction of sp³-hybridized carbons (Fsp3) is 0.0625. The molecule has 0 spiro atoms. The number of carbonyl (C=O) groups excluding carboxylic acids is 2. The third-order valence-corrected chi connectivity index (χ3v) is 4.13. The minimum atomic E-state index is -4.70. The Morgan fingerprint density at radius 1 is 0.926 bits per heavy atom. The van der Waals surface area contributed by atoms with Crippen molar-refractivity contribution >= 4 is 58.5 Å². The van der Waals surface area contributed by atoms with Gasteiger partial charge in [-0.1, -0.05) is 40.9 Å². The number of carbonyl (C=O) groups is 2. The van der Waals surface area contributed by atoms with E-state index >= 15 is 0 Å². The minimum Gasteiger partial charge on any atom is -0.318 e. The molecule has 0 saturated heterocycles. The summed E-state index contributed by atoms with van der Waals surface area (Å²) in [7, 11) is 0. The highest BCUT2D eigenvalue weighted by molar-refractivity contribution is 6.42. The van der Waals surface area contributed by atoms with Crippen molar-refractivity contribution < 1.29 is 22.8 Å². The van der Waals surface area contributed by atoms with Crippen LogP contribution in [0.3, 0.4) is 0 Å². The number of halogens is 6. The van der Waals surface area contributed by atoms with Crippen LogP contribution in [0.5, 0.6) is 0 Å². The smallest absolute Gasteiger partial charge is 0.318 e. The summed E-state index contributed by atoms with van der Waals surface area (Å²) in [4.78, 5) is 23.4. The van der Waals surface area contributed by atoms with Gasteiger partial charge in [0.1, 0.15) is 0 Å². The number of hydrazone groups is 1. The van der Waals surface area contributed by atoms with Gasteiger partial charge in [-0.2, -0.15) is 18.3 Å². The zero-order valence-electron chi connectivity index (χ0n) is 13.1. The Morgan fingerprint density at radius 2 is 1.59 bits per heavy atom. The van der Waals surface area contributed by atoms with Crippen molar-refractivity contribution in [2.75, 3.05) is 5.32 Å². The van der Waals surface area contributed by atoms with Crippen LogP contribution in [0, 0.1) is 0 Å². The van der Waals surface area contributed by atoms with Crippen LogP contribution in [-0.4, -0.2) is 18.0 Å². The van der Waals surface area contributed by atoms with E-state index in [1.807, 2.05) is 10.7 Å². The quantitative estimate of drug-likeness (QED) is 0.412. The van der Waals surface area contributed by atoms with Gasteiger partial charge in [-0.25, -0.2) is 5.43 Å². The van der Waals surface area contributed by atoms with E-state index in [1.54, 1.807) is 6.07 Å². The van der Waals surface area contributed by atoms with Crippen molar-refractivity contribution in [1.82, 2.24) is 5.43 Å². The summed E-state index contributed by atoms with van der Waals surface area (Å²) >= 11 is 17.1. The Balaban J connectivity index is 2.00. The fourth-order valence-electron chi connectivity index (χ4n) is 1.82. The average Bonchev–Trinajstić information content (AvgIpc) is 2.58. The van der Waals surface area contributed by atoms with Crippen molar-refractivity contribution in [3.63, 3.8) is 0 Å². The molecule has 0 fully saturated rings. The lowest BCUT2D eigenvalue weighted by Crippen LogP contribution is -2.32. The fourth-order valence-corrected chi connectivity index (χ4v) is 2.35. The van der Waals surface area contributed by atoms with E-state index in [0.717, 1.165) is 12.1 Å². The van der Waals surface area contributed by atoms with E-state index in [1.165, 1.54) is 18.3 Å². The zero-order chi connectivity index (χ0) is 20.2. The predicted molar refractivity (Wildman–Crippen MR) is 97.3 cm³/mol. The van der Waals surface area contributed by atoms with E-state index in [2.05, 4.69) is 5.10 Å². The van der Waals surface area contributed by atoms with Gasteiger partial charge >= 0.3 is 18.0 Å². The van der Waals surface area contributed by atoms with E-state index in [-0.39, 0.29) is 10.7 Å². The summed E-state index contributed by atoms with van der Waals surface area (Å²) in [5.74, 6) is -2.40. The molecule has 0 aromatic heterocycles. The van der Waals surface area contributed by atoms with Gasteiger partial charge in [-0.15, -0.1) is 0 Å². The van der Waals surface area contributed by atoms with Crippen molar-refractivity contribution in [2.45, 2.75) is 6.18 Å². The van der Waals surface area contributed by atoms with Crippen LogP contribution in [0.1, 0.15) is 11.1 Å². The maximum absolute atomic E-state index is 12.8. The van der Waals surface area contributed by atoms with Gasteiger partial charge < -0.3 is 5.32 Å².